The molecule has 0 saturated carbocycles. The Hall–Kier alpha value is -1.81. The van der Waals surface area contributed by atoms with Gasteiger partial charge < -0.3 is 4.42 Å². The number of para-hydroxylation sites is 1. The zero-order chi connectivity index (χ0) is 15.1. The Morgan fingerprint density at radius 1 is 0.909 bits per heavy atom. The Bertz CT molecular complexity index is 941. The van der Waals surface area contributed by atoms with Crippen molar-refractivity contribution in [3.63, 3.8) is 0 Å². The Morgan fingerprint density at radius 3 is 2.55 bits per heavy atom. The zero-order valence-corrected chi connectivity index (χ0v) is 13.5. The lowest BCUT2D eigenvalue weighted by atomic mass is 10.2. The van der Waals surface area contributed by atoms with Crippen molar-refractivity contribution in [3.8, 4) is 22.1 Å². The van der Waals surface area contributed by atoms with Gasteiger partial charge in [0.25, 0.3) is 0 Å². The van der Waals surface area contributed by atoms with Crippen LogP contribution in [0.15, 0.2) is 59.0 Å². The van der Waals surface area contributed by atoms with Gasteiger partial charge in [0, 0.05) is 10.6 Å². The van der Waals surface area contributed by atoms with Crippen LogP contribution in [0.5, 0.6) is 0 Å². The second-order valence-corrected chi connectivity index (χ2v) is 6.65. The summed E-state index contributed by atoms with van der Waals surface area (Å²) in [6.07, 6.45) is 0. The fraction of sp³-hybridized carbons (Fsp3) is 0. The van der Waals surface area contributed by atoms with Crippen molar-refractivity contribution in [3.05, 3.63) is 64.6 Å². The molecule has 0 amide bonds. The predicted molar refractivity (Wildman–Crippen MR) is 92.8 cm³/mol. The molecule has 0 aliphatic carbocycles. The van der Waals surface area contributed by atoms with Gasteiger partial charge in [-0.05, 0) is 42.5 Å². The van der Waals surface area contributed by atoms with Crippen molar-refractivity contribution >= 4 is 44.8 Å². The summed E-state index contributed by atoms with van der Waals surface area (Å²) >= 11 is 13.8. The fourth-order valence-electron chi connectivity index (χ4n) is 2.26. The Balaban J connectivity index is 1.77. The van der Waals surface area contributed by atoms with E-state index in [0.717, 1.165) is 26.5 Å². The van der Waals surface area contributed by atoms with Gasteiger partial charge in [-0.1, -0.05) is 35.3 Å². The van der Waals surface area contributed by atoms with Crippen LogP contribution in [-0.2, 0) is 0 Å². The molecule has 0 N–H and O–H groups in total. The van der Waals surface area contributed by atoms with E-state index in [-0.39, 0.29) is 0 Å². The van der Waals surface area contributed by atoms with Gasteiger partial charge in [0.05, 0.1) is 15.2 Å². The van der Waals surface area contributed by atoms with Gasteiger partial charge in [-0.3, -0.25) is 0 Å². The van der Waals surface area contributed by atoms with E-state index >= 15 is 0 Å². The Morgan fingerprint density at radius 2 is 1.73 bits per heavy atom. The van der Waals surface area contributed by atoms with Crippen LogP contribution in [0.1, 0.15) is 0 Å². The van der Waals surface area contributed by atoms with Crippen LogP contribution in [-0.4, -0.2) is 4.98 Å². The number of nitrogens with zero attached hydrogens (tertiary/aromatic N) is 1. The zero-order valence-electron chi connectivity index (χ0n) is 11.2. The summed E-state index contributed by atoms with van der Waals surface area (Å²) in [5.74, 6) is 1.44. The highest BCUT2D eigenvalue weighted by Gasteiger charge is 2.13. The smallest absolute Gasteiger partial charge is 0.163 e. The monoisotopic (exact) mass is 345 g/mol. The van der Waals surface area contributed by atoms with E-state index in [1.54, 1.807) is 23.5 Å². The topological polar surface area (TPSA) is 26.0 Å². The van der Waals surface area contributed by atoms with Gasteiger partial charge in [-0.2, -0.15) is 0 Å². The van der Waals surface area contributed by atoms with Crippen molar-refractivity contribution < 1.29 is 4.42 Å². The average Bonchev–Trinajstić information content (AvgIpc) is 3.13. The Kier molecular flexibility index (Phi) is 3.41. The van der Waals surface area contributed by atoms with E-state index < -0.39 is 0 Å². The molecule has 2 nitrogen and oxygen atoms in total. The average molecular weight is 346 g/mol. The van der Waals surface area contributed by atoms with Gasteiger partial charge in [-0.25, -0.2) is 4.98 Å². The number of fused-ring (bicyclic) bond motifs is 1. The number of rotatable bonds is 2. The van der Waals surface area contributed by atoms with Crippen molar-refractivity contribution in [2.75, 3.05) is 0 Å². The van der Waals surface area contributed by atoms with Gasteiger partial charge in [0.2, 0.25) is 0 Å². The van der Waals surface area contributed by atoms with Crippen LogP contribution in [0.4, 0.5) is 0 Å². The molecule has 0 aliphatic heterocycles. The molecule has 4 rings (SSSR count). The molecule has 0 saturated heterocycles. The lowest BCUT2D eigenvalue weighted by Crippen LogP contribution is -1.76. The summed E-state index contributed by atoms with van der Waals surface area (Å²) in [5.41, 5.74) is 1.79. The van der Waals surface area contributed by atoms with E-state index in [1.807, 2.05) is 36.4 Å². The van der Waals surface area contributed by atoms with E-state index in [0.29, 0.717) is 15.8 Å². The van der Waals surface area contributed by atoms with E-state index in [4.69, 9.17) is 27.6 Å². The lowest BCUT2D eigenvalue weighted by Gasteiger charge is -2.00. The second kappa shape index (κ2) is 5.43. The van der Waals surface area contributed by atoms with Gasteiger partial charge in [0.15, 0.2) is 10.8 Å². The maximum absolute atomic E-state index is 6.23. The first kappa shape index (κ1) is 13.8. The summed E-state index contributed by atoms with van der Waals surface area (Å²) < 4.78 is 7.07. The maximum atomic E-state index is 6.23. The molecule has 0 radical (unpaired) electrons. The molecule has 4 aromatic rings. The minimum absolute atomic E-state index is 0.567. The summed E-state index contributed by atoms with van der Waals surface area (Å²) in [7, 11) is 0. The number of furan rings is 1. The molecule has 2 aromatic carbocycles. The summed E-state index contributed by atoms with van der Waals surface area (Å²) in [6.45, 7) is 0. The first-order valence-electron chi connectivity index (χ1n) is 6.62. The van der Waals surface area contributed by atoms with Crippen LogP contribution < -0.4 is 0 Å². The first-order chi connectivity index (χ1) is 10.7. The number of aromatic nitrogens is 1. The highest BCUT2D eigenvalue weighted by Crippen LogP contribution is 2.36. The normalized spacial score (nSPS) is 11.2. The van der Waals surface area contributed by atoms with Gasteiger partial charge in [0.1, 0.15) is 5.76 Å². The minimum atomic E-state index is 0.567. The molecule has 22 heavy (non-hydrogen) atoms. The highest BCUT2D eigenvalue weighted by molar-refractivity contribution is 7.21. The van der Waals surface area contributed by atoms with E-state index in [9.17, 15) is 0 Å². The molecule has 2 heterocycles. The van der Waals surface area contributed by atoms with Crippen molar-refractivity contribution in [2.24, 2.45) is 0 Å². The van der Waals surface area contributed by atoms with Crippen LogP contribution in [0.25, 0.3) is 32.3 Å². The molecule has 108 valence electrons. The summed E-state index contributed by atoms with van der Waals surface area (Å²) in [4.78, 5) is 4.60. The Labute approximate surface area is 140 Å². The third-order valence-corrected chi connectivity index (χ3v) is 4.91. The van der Waals surface area contributed by atoms with Gasteiger partial charge >= 0.3 is 0 Å². The molecular weight excluding hydrogens is 337 g/mol. The number of hydrogen-bond acceptors (Lipinski definition) is 3. The molecule has 0 bridgehead atoms. The molecule has 2 aromatic heterocycles. The second-order valence-electron chi connectivity index (χ2n) is 4.77. The predicted octanol–water partition coefficient (Wildman–Crippen LogP) is 6.53. The summed E-state index contributed by atoms with van der Waals surface area (Å²) in [6, 6.07) is 17.2. The molecule has 0 aliphatic rings. The van der Waals surface area contributed by atoms with Crippen LogP contribution in [0.2, 0.25) is 10.0 Å². The van der Waals surface area contributed by atoms with Crippen LogP contribution in [0.3, 0.4) is 0 Å². The van der Waals surface area contributed by atoms with Gasteiger partial charge in [-0.15, -0.1) is 11.3 Å². The number of thiazole rings is 1. The fourth-order valence-corrected chi connectivity index (χ4v) is 3.69. The number of halogens is 2. The highest BCUT2D eigenvalue weighted by atomic mass is 35.5. The third kappa shape index (κ3) is 2.41. The summed E-state index contributed by atoms with van der Waals surface area (Å²) in [5, 5.41) is 2.03. The van der Waals surface area contributed by atoms with Crippen LogP contribution >= 0.6 is 34.5 Å². The lowest BCUT2D eigenvalue weighted by molar-refractivity contribution is 0.597. The van der Waals surface area contributed by atoms with Crippen molar-refractivity contribution in [1.29, 1.82) is 0 Å². The number of hydrogen-bond donors (Lipinski definition) is 0. The minimum Gasteiger partial charge on any atom is -0.454 e. The third-order valence-electron chi connectivity index (χ3n) is 3.31. The van der Waals surface area contributed by atoms with Crippen molar-refractivity contribution in [2.45, 2.75) is 0 Å². The molecule has 0 atom stereocenters. The molecular formula is C17H9Cl2NOS. The number of benzene rings is 2. The molecule has 0 unspecified atom stereocenters. The molecule has 0 spiro atoms. The van der Waals surface area contributed by atoms with E-state index in [1.165, 1.54) is 0 Å². The van der Waals surface area contributed by atoms with Crippen molar-refractivity contribution in [1.82, 2.24) is 4.98 Å². The maximum Gasteiger partial charge on any atom is 0.163 e. The quantitative estimate of drug-likeness (QED) is 0.412. The molecule has 0 fully saturated rings. The van der Waals surface area contributed by atoms with Crippen LogP contribution in [0, 0.1) is 0 Å². The SMILES string of the molecule is Clc1ccc(-c2ccc(-c3nc4ccccc4s3)o2)c(Cl)c1. The first-order valence-corrected chi connectivity index (χ1v) is 8.19. The largest absolute Gasteiger partial charge is 0.454 e. The standard InChI is InChI=1S/C17H9Cl2NOS/c18-10-5-6-11(12(19)9-10)14-7-8-15(21-14)17-20-13-3-1-2-4-16(13)22-17/h1-9H. The molecule has 5 heteroatoms. The van der Waals surface area contributed by atoms with E-state index in [2.05, 4.69) is 11.1 Å².